The van der Waals surface area contributed by atoms with E-state index in [1.54, 1.807) is 0 Å². The molecule has 1 spiro atoms. The van der Waals surface area contributed by atoms with Crippen LogP contribution in [0.1, 0.15) is 91.9 Å². The summed E-state index contributed by atoms with van der Waals surface area (Å²) >= 11 is 0. The Labute approximate surface area is 183 Å². The van der Waals surface area contributed by atoms with E-state index < -0.39 is 0 Å². The van der Waals surface area contributed by atoms with Gasteiger partial charge in [0.25, 0.3) is 0 Å². The molecule has 6 fully saturated rings. The molecule has 0 radical (unpaired) electrons. The van der Waals surface area contributed by atoms with Gasteiger partial charge in [-0.05, 0) is 91.3 Å². The number of carbonyl (C=O) groups excluding carboxylic acids is 1. The second-order valence-electron chi connectivity index (χ2n) is 12.9. The number of fused-ring (bicyclic) bond motifs is 7. The number of hydrogen-bond donors (Lipinski definition) is 0. The van der Waals surface area contributed by atoms with E-state index in [0.717, 1.165) is 50.0 Å². The molecule has 3 heteroatoms. The molecule has 0 unspecified atom stereocenters. The average Bonchev–Trinajstić information content (AvgIpc) is 3.16. The monoisotopic (exact) mass is 414 g/mol. The van der Waals surface area contributed by atoms with E-state index in [1.165, 1.54) is 38.5 Å². The first kappa shape index (κ1) is 20.2. The molecule has 11 atom stereocenters. The normalized spacial score (nSPS) is 60.1. The van der Waals surface area contributed by atoms with E-state index in [-0.39, 0.29) is 5.79 Å². The highest BCUT2D eigenvalue weighted by atomic mass is 16.7. The topological polar surface area (TPSA) is 35.5 Å². The molecule has 0 bridgehead atoms. The SMILES string of the molecule is C[C@@H]1CC[C@@]2(OC1)O[C@H]1C[C@H]3[C@@H]4CC[C@H]5CC(=O)CC[C@]5(C)[C@H]4CC[C@]3(C)[C@H]1[C@@H]2C. The van der Waals surface area contributed by atoms with Gasteiger partial charge in [-0.2, -0.15) is 0 Å². The van der Waals surface area contributed by atoms with Gasteiger partial charge in [0.2, 0.25) is 0 Å². The Kier molecular flexibility index (Phi) is 4.42. The summed E-state index contributed by atoms with van der Waals surface area (Å²) < 4.78 is 13.4. The van der Waals surface area contributed by atoms with Gasteiger partial charge >= 0.3 is 0 Å². The standard InChI is InChI=1S/C27H42O3/c1-16-7-12-27(29-15-16)17(2)24-23(30-27)14-22-20-6-5-18-13-19(28)8-10-25(18,3)21(20)9-11-26(22,24)4/h16-18,20-24H,5-15H2,1-4H3/t16-,17+,18+,20-,21+,22+,23+,24+,25+,26+,27-/m1/s1. The minimum absolute atomic E-state index is 0.292. The highest BCUT2D eigenvalue weighted by molar-refractivity contribution is 5.79. The second-order valence-corrected chi connectivity index (χ2v) is 12.9. The Bertz CT molecular complexity index is 724. The zero-order chi connectivity index (χ0) is 20.9. The van der Waals surface area contributed by atoms with E-state index in [1.807, 2.05) is 0 Å². The third-order valence-corrected chi connectivity index (χ3v) is 11.7. The van der Waals surface area contributed by atoms with Crippen molar-refractivity contribution >= 4 is 5.78 Å². The van der Waals surface area contributed by atoms with Gasteiger partial charge in [0.1, 0.15) is 5.78 Å². The van der Waals surface area contributed by atoms with Gasteiger partial charge < -0.3 is 9.47 Å². The molecule has 0 aromatic rings. The van der Waals surface area contributed by atoms with Crippen LogP contribution in [0.15, 0.2) is 0 Å². The van der Waals surface area contributed by atoms with Gasteiger partial charge in [-0.3, -0.25) is 4.79 Å². The van der Waals surface area contributed by atoms with Crippen molar-refractivity contribution in [2.45, 2.75) is 104 Å². The molecule has 6 aliphatic rings. The number of carbonyl (C=O) groups is 1. The van der Waals surface area contributed by atoms with Crippen molar-refractivity contribution in [3.63, 3.8) is 0 Å². The van der Waals surface area contributed by atoms with Crippen molar-refractivity contribution in [3.8, 4) is 0 Å². The molecule has 3 nitrogen and oxygen atoms in total. The first-order valence-electron chi connectivity index (χ1n) is 13.1. The van der Waals surface area contributed by atoms with Crippen molar-refractivity contribution in [1.29, 1.82) is 0 Å². The lowest BCUT2D eigenvalue weighted by Crippen LogP contribution is -2.54. The summed E-state index contributed by atoms with van der Waals surface area (Å²) in [6, 6.07) is 0. The first-order chi connectivity index (χ1) is 14.3. The van der Waals surface area contributed by atoms with E-state index in [9.17, 15) is 4.79 Å². The number of Topliss-reactive ketones (excluding diaryl/α,β-unsaturated/α-hetero) is 1. The molecule has 0 N–H and O–H groups in total. The molecule has 168 valence electrons. The minimum Gasteiger partial charge on any atom is -0.349 e. The fourth-order valence-corrected chi connectivity index (χ4v) is 10.1. The minimum atomic E-state index is -0.292. The zero-order valence-corrected chi connectivity index (χ0v) is 19.6. The number of rotatable bonds is 0. The maximum absolute atomic E-state index is 12.2. The second kappa shape index (κ2) is 6.56. The van der Waals surface area contributed by atoms with Crippen LogP contribution in [0.5, 0.6) is 0 Å². The molecule has 0 amide bonds. The summed E-state index contributed by atoms with van der Waals surface area (Å²) in [4.78, 5) is 12.2. The summed E-state index contributed by atoms with van der Waals surface area (Å²) in [6.45, 7) is 10.8. The predicted molar refractivity (Wildman–Crippen MR) is 117 cm³/mol. The Balaban J connectivity index is 1.26. The van der Waals surface area contributed by atoms with Crippen LogP contribution >= 0.6 is 0 Å². The Morgan fingerprint density at radius 2 is 1.77 bits per heavy atom. The van der Waals surface area contributed by atoms with Gasteiger partial charge in [0.15, 0.2) is 5.79 Å². The van der Waals surface area contributed by atoms with Crippen molar-refractivity contribution < 1.29 is 14.3 Å². The fourth-order valence-electron chi connectivity index (χ4n) is 10.1. The van der Waals surface area contributed by atoms with Crippen LogP contribution in [0, 0.1) is 52.3 Å². The third kappa shape index (κ3) is 2.54. The van der Waals surface area contributed by atoms with Crippen molar-refractivity contribution in [2.75, 3.05) is 6.61 Å². The van der Waals surface area contributed by atoms with Crippen LogP contribution < -0.4 is 0 Å². The molecule has 6 rings (SSSR count). The molecule has 2 heterocycles. The van der Waals surface area contributed by atoms with Crippen LogP contribution in [0.4, 0.5) is 0 Å². The van der Waals surface area contributed by atoms with E-state index in [2.05, 4.69) is 27.7 Å². The molecule has 30 heavy (non-hydrogen) atoms. The Hall–Kier alpha value is -0.410. The summed E-state index contributed by atoms with van der Waals surface area (Å²) in [5.74, 6) is 5.23. The van der Waals surface area contributed by atoms with Crippen LogP contribution in [0.2, 0.25) is 0 Å². The number of hydrogen-bond acceptors (Lipinski definition) is 3. The summed E-state index contributed by atoms with van der Waals surface area (Å²) in [5, 5.41) is 0. The fraction of sp³-hybridized carbons (Fsp3) is 0.963. The van der Waals surface area contributed by atoms with Crippen LogP contribution in [0.3, 0.4) is 0 Å². The van der Waals surface area contributed by atoms with Crippen LogP contribution in [-0.2, 0) is 14.3 Å². The highest BCUT2D eigenvalue weighted by Crippen LogP contribution is 2.71. The third-order valence-electron chi connectivity index (χ3n) is 11.7. The van der Waals surface area contributed by atoms with E-state index >= 15 is 0 Å². The van der Waals surface area contributed by atoms with Crippen LogP contribution in [0.25, 0.3) is 0 Å². The highest BCUT2D eigenvalue weighted by Gasteiger charge is 2.69. The smallest absolute Gasteiger partial charge is 0.171 e. The lowest BCUT2D eigenvalue weighted by atomic mass is 9.44. The van der Waals surface area contributed by atoms with Gasteiger partial charge in [0.05, 0.1) is 12.7 Å². The molecule has 0 aromatic heterocycles. The number of ether oxygens (including phenoxy) is 2. The average molecular weight is 415 g/mol. The van der Waals surface area contributed by atoms with Gasteiger partial charge in [-0.15, -0.1) is 0 Å². The van der Waals surface area contributed by atoms with Crippen molar-refractivity contribution in [3.05, 3.63) is 0 Å². The summed E-state index contributed by atoms with van der Waals surface area (Å²) in [7, 11) is 0. The van der Waals surface area contributed by atoms with Crippen LogP contribution in [-0.4, -0.2) is 24.3 Å². The predicted octanol–water partition coefficient (Wildman–Crippen LogP) is 6.00. The summed E-state index contributed by atoms with van der Waals surface area (Å²) in [6.07, 6.45) is 12.2. The molecule has 4 saturated carbocycles. The summed E-state index contributed by atoms with van der Waals surface area (Å²) in [5.41, 5.74) is 0.820. The molecule has 2 saturated heterocycles. The molecular weight excluding hydrogens is 372 g/mol. The Morgan fingerprint density at radius 3 is 2.53 bits per heavy atom. The molecule has 4 aliphatic carbocycles. The maximum Gasteiger partial charge on any atom is 0.171 e. The zero-order valence-electron chi connectivity index (χ0n) is 19.6. The maximum atomic E-state index is 12.2. The van der Waals surface area contributed by atoms with Gasteiger partial charge in [-0.25, -0.2) is 0 Å². The van der Waals surface area contributed by atoms with Gasteiger partial charge in [-0.1, -0.05) is 27.7 Å². The quantitative estimate of drug-likeness (QED) is 0.487. The van der Waals surface area contributed by atoms with E-state index in [0.29, 0.717) is 46.4 Å². The van der Waals surface area contributed by atoms with E-state index in [4.69, 9.17) is 9.47 Å². The lowest BCUT2D eigenvalue weighted by Gasteiger charge is -2.60. The molecule has 2 aliphatic heterocycles. The molecule has 0 aromatic carbocycles. The number of ketones is 1. The van der Waals surface area contributed by atoms with Crippen molar-refractivity contribution in [2.24, 2.45) is 52.3 Å². The first-order valence-corrected chi connectivity index (χ1v) is 13.1. The van der Waals surface area contributed by atoms with Gasteiger partial charge in [0, 0.05) is 25.2 Å². The lowest BCUT2D eigenvalue weighted by molar-refractivity contribution is -0.273. The Morgan fingerprint density at radius 1 is 0.933 bits per heavy atom. The largest absolute Gasteiger partial charge is 0.349 e. The van der Waals surface area contributed by atoms with Crippen molar-refractivity contribution in [1.82, 2.24) is 0 Å². The molecular formula is C27H42O3.